The third-order valence-corrected chi connectivity index (χ3v) is 7.27. The lowest BCUT2D eigenvalue weighted by Crippen LogP contribution is -2.06. The minimum atomic E-state index is 0.772. The smallest absolute Gasteiger partial charge is 0.151 e. The summed E-state index contributed by atoms with van der Waals surface area (Å²) in [6, 6.07) is 6.54. The molecule has 0 saturated heterocycles. The molecule has 2 aliphatic rings. The van der Waals surface area contributed by atoms with Crippen LogP contribution in [0.4, 0.5) is 0 Å². The SMILES string of the molecule is C=C1C=CC=C(c2sc(-c3ccc(C4CCC4)s3)cc2C=O)C1. The van der Waals surface area contributed by atoms with E-state index in [1.54, 1.807) is 11.3 Å². The van der Waals surface area contributed by atoms with Gasteiger partial charge in [-0.1, -0.05) is 36.8 Å². The molecule has 0 spiro atoms. The van der Waals surface area contributed by atoms with Gasteiger partial charge in [0.25, 0.3) is 0 Å². The van der Waals surface area contributed by atoms with Crippen molar-refractivity contribution in [2.75, 3.05) is 0 Å². The molecule has 0 bridgehead atoms. The van der Waals surface area contributed by atoms with Crippen molar-refractivity contribution in [3.63, 3.8) is 0 Å². The Morgan fingerprint density at radius 1 is 1.17 bits per heavy atom. The topological polar surface area (TPSA) is 17.1 Å². The summed E-state index contributed by atoms with van der Waals surface area (Å²) in [5.74, 6) is 0.772. The maximum absolute atomic E-state index is 11.5. The van der Waals surface area contributed by atoms with Crippen LogP contribution in [0.25, 0.3) is 15.3 Å². The van der Waals surface area contributed by atoms with Crippen molar-refractivity contribution in [2.45, 2.75) is 31.6 Å². The Labute approximate surface area is 144 Å². The lowest BCUT2D eigenvalue weighted by atomic mass is 9.84. The predicted molar refractivity (Wildman–Crippen MR) is 100 cm³/mol. The van der Waals surface area contributed by atoms with Crippen molar-refractivity contribution < 1.29 is 4.79 Å². The molecule has 0 amide bonds. The molecule has 0 atom stereocenters. The summed E-state index contributed by atoms with van der Waals surface area (Å²) in [5, 5.41) is 0. The molecule has 0 aromatic carbocycles. The third kappa shape index (κ3) is 2.79. The second-order valence-corrected chi connectivity index (χ2v) is 8.40. The molecule has 1 nitrogen and oxygen atoms in total. The number of carbonyl (C=O) groups is 1. The fraction of sp³-hybridized carbons (Fsp3) is 0.250. The first-order valence-corrected chi connectivity index (χ1v) is 9.62. The minimum Gasteiger partial charge on any atom is -0.298 e. The van der Waals surface area contributed by atoms with Gasteiger partial charge in [-0.05, 0) is 49.0 Å². The summed E-state index contributed by atoms with van der Waals surface area (Å²) < 4.78 is 0. The Morgan fingerprint density at radius 3 is 2.74 bits per heavy atom. The van der Waals surface area contributed by atoms with E-state index in [0.717, 1.165) is 34.6 Å². The van der Waals surface area contributed by atoms with Gasteiger partial charge in [0.15, 0.2) is 6.29 Å². The zero-order valence-electron chi connectivity index (χ0n) is 12.9. The predicted octanol–water partition coefficient (Wildman–Crippen LogP) is 6.46. The molecule has 0 N–H and O–H groups in total. The number of hydrogen-bond acceptors (Lipinski definition) is 3. The molecule has 4 rings (SSSR count). The van der Waals surface area contributed by atoms with Crippen LogP contribution in [0.3, 0.4) is 0 Å². The maximum Gasteiger partial charge on any atom is 0.151 e. The van der Waals surface area contributed by atoms with E-state index in [-0.39, 0.29) is 0 Å². The number of aldehydes is 1. The molecular formula is C20H18OS2. The van der Waals surface area contributed by atoms with Crippen molar-refractivity contribution in [3.05, 3.63) is 63.9 Å². The van der Waals surface area contributed by atoms with Crippen molar-refractivity contribution in [1.82, 2.24) is 0 Å². The average molecular weight is 338 g/mol. The maximum atomic E-state index is 11.5. The van der Waals surface area contributed by atoms with Crippen LogP contribution in [0, 0.1) is 0 Å². The molecule has 2 aromatic rings. The van der Waals surface area contributed by atoms with Gasteiger partial charge in [-0.3, -0.25) is 4.79 Å². The minimum absolute atomic E-state index is 0.772. The van der Waals surface area contributed by atoms with E-state index in [2.05, 4.69) is 24.8 Å². The van der Waals surface area contributed by atoms with Crippen LogP contribution < -0.4 is 0 Å². The zero-order chi connectivity index (χ0) is 15.8. The average Bonchev–Trinajstić information content (AvgIpc) is 3.11. The first-order valence-electron chi connectivity index (χ1n) is 7.99. The summed E-state index contributed by atoms with van der Waals surface area (Å²) in [7, 11) is 0. The van der Waals surface area contributed by atoms with E-state index < -0.39 is 0 Å². The van der Waals surface area contributed by atoms with Crippen LogP contribution in [-0.4, -0.2) is 6.29 Å². The molecule has 1 saturated carbocycles. The first kappa shape index (κ1) is 14.9. The van der Waals surface area contributed by atoms with Gasteiger partial charge < -0.3 is 0 Å². The van der Waals surface area contributed by atoms with Crippen molar-refractivity contribution >= 4 is 34.5 Å². The monoisotopic (exact) mass is 338 g/mol. The second kappa shape index (κ2) is 6.06. The van der Waals surface area contributed by atoms with Gasteiger partial charge in [0.05, 0.1) is 0 Å². The Morgan fingerprint density at radius 2 is 2.04 bits per heavy atom. The van der Waals surface area contributed by atoms with Crippen LogP contribution in [0.5, 0.6) is 0 Å². The van der Waals surface area contributed by atoms with Gasteiger partial charge in [0.1, 0.15) is 0 Å². The highest BCUT2D eigenvalue weighted by Crippen LogP contribution is 2.45. The van der Waals surface area contributed by atoms with Gasteiger partial charge in [-0.25, -0.2) is 0 Å². The van der Waals surface area contributed by atoms with Gasteiger partial charge in [-0.15, -0.1) is 22.7 Å². The molecule has 2 heterocycles. The van der Waals surface area contributed by atoms with Crippen LogP contribution >= 0.6 is 22.7 Å². The van der Waals surface area contributed by atoms with E-state index in [9.17, 15) is 4.79 Å². The number of carbonyl (C=O) groups excluding carboxylic acids is 1. The van der Waals surface area contributed by atoms with E-state index in [4.69, 9.17) is 0 Å². The molecule has 3 heteroatoms. The van der Waals surface area contributed by atoms with Crippen LogP contribution in [0.1, 0.15) is 51.7 Å². The molecule has 1 fully saturated rings. The Hall–Kier alpha value is -1.71. The Bertz CT molecular complexity index is 828. The number of hydrogen-bond donors (Lipinski definition) is 0. The molecule has 2 aliphatic carbocycles. The summed E-state index contributed by atoms with van der Waals surface area (Å²) in [5.41, 5.74) is 3.10. The highest BCUT2D eigenvalue weighted by Gasteiger charge is 2.22. The summed E-state index contributed by atoms with van der Waals surface area (Å²) in [6.07, 6.45) is 12.0. The van der Waals surface area contributed by atoms with Crippen molar-refractivity contribution in [3.8, 4) is 9.75 Å². The van der Waals surface area contributed by atoms with E-state index in [0.29, 0.717) is 0 Å². The number of rotatable bonds is 4. The highest BCUT2D eigenvalue weighted by atomic mass is 32.1. The van der Waals surface area contributed by atoms with E-state index >= 15 is 0 Å². The summed E-state index contributed by atoms with van der Waals surface area (Å²) in [6.45, 7) is 4.04. The second-order valence-electron chi connectivity index (χ2n) is 6.23. The molecule has 2 aromatic heterocycles. The largest absolute Gasteiger partial charge is 0.298 e. The van der Waals surface area contributed by atoms with E-state index in [1.165, 1.54) is 39.5 Å². The number of allylic oxidation sites excluding steroid dienone is 5. The molecule has 116 valence electrons. The Balaban J connectivity index is 1.69. The quantitative estimate of drug-likeness (QED) is 0.585. The number of thiophene rings is 2. The zero-order valence-corrected chi connectivity index (χ0v) is 14.5. The van der Waals surface area contributed by atoms with Crippen LogP contribution in [0.2, 0.25) is 0 Å². The van der Waals surface area contributed by atoms with Gasteiger partial charge in [0, 0.05) is 25.1 Å². The molecular weight excluding hydrogens is 320 g/mol. The van der Waals surface area contributed by atoms with Crippen LogP contribution in [-0.2, 0) is 0 Å². The van der Waals surface area contributed by atoms with Gasteiger partial charge in [0.2, 0.25) is 0 Å². The van der Waals surface area contributed by atoms with Crippen molar-refractivity contribution in [2.24, 2.45) is 0 Å². The lowest BCUT2D eigenvalue weighted by molar-refractivity contribution is 0.112. The van der Waals surface area contributed by atoms with Crippen molar-refractivity contribution in [1.29, 1.82) is 0 Å². The molecule has 0 aliphatic heterocycles. The summed E-state index contributed by atoms with van der Waals surface area (Å²) in [4.78, 5) is 16.6. The molecule has 0 radical (unpaired) electrons. The normalized spacial score (nSPS) is 17.9. The first-order chi connectivity index (χ1) is 11.2. The fourth-order valence-corrected chi connectivity index (χ4v) is 5.49. The van der Waals surface area contributed by atoms with Gasteiger partial charge >= 0.3 is 0 Å². The standard InChI is InChI=1S/C20H18OS2/c1-13-4-2-7-15(10-13)20-16(12-21)11-19(23-20)18-9-8-17(22-18)14-5-3-6-14/h2,4,7-9,11-12,14H,1,3,5-6,10H2. The van der Waals surface area contributed by atoms with Gasteiger partial charge in [-0.2, -0.15) is 0 Å². The third-order valence-electron chi connectivity index (χ3n) is 4.60. The van der Waals surface area contributed by atoms with Crippen LogP contribution in [0.15, 0.2) is 48.6 Å². The lowest BCUT2D eigenvalue weighted by Gasteiger charge is -2.23. The Kier molecular flexibility index (Phi) is 3.92. The highest BCUT2D eigenvalue weighted by molar-refractivity contribution is 7.22. The molecule has 0 unspecified atom stereocenters. The van der Waals surface area contributed by atoms with E-state index in [1.807, 2.05) is 29.6 Å². The molecule has 23 heavy (non-hydrogen) atoms. The summed E-state index contributed by atoms with van der Waals surface area (Å²) >= 11 is 3.63. The fourth-order valence-electron chi connectivity index (χ4n) is 3.08.